The molecule has 0 aliphatic carbocycles. The molecule has 0 saturated carbocycles. The second-order valence-corrected chi connectivity index (χ2v) is 6.87. The van der Waals surface area contributed by atoms with Crippen LogP contribution in [0.1, 0.15) is 31.7 Å². The van der Waals surface area contributed by atoms with Gasteiger partial charge in [0.25, 0.3) is 0 Å². The molecule has 2 aliphatic rings. The van der Waals surface area contributed by atoms with Gasteiger partial charge in [-0.1, -0.05) is 18.2 Å². The molecule has 2 aromatic rings. The van der Waals surface area contributed by atoms with Crippen molar-refractivity contribution in [1.29, 1.82) is 0 Å². The predicted molar refractivity (Wildman–Crippen MR) is 91.8 cm³/mol. The van der Waals surface area contributed by atoms with Gasteiger partial charge in [-0.3, -0.25) is 4.79 Å². The highest BCUT2D eigenvalue weighted by Crippen LogP contribution is 2.32. The van der Waals surface area contributed by atoms with E-state index in [-0.39, 0.29) is 24.0 Å². The Bertz CT molecular complexity index is 755. The van der Waals surface area contributed by atoms with Crippen LogP contribution in [0, 0.1) is 0 Å². The normalized spacial score (nSPS) is 23.7. The first-order chi connectivity index (χ1) is 11.6. The summed E-state index contributed by atoms with van der Waals surface area (Å²) in [5.41, 5.74) is 2.32. The SMILES string of the molecule is C[C@H](N[C@H]1CCc2ncnn2C1)C(=O)N1c2ccccc2C[C@H]1C. The van der Waals surface area contributed by atoms with Crippen LogP contribution in [0.2, 0.25) is 0 Å². The predicted octanol–water partition coefficient (Wildman–Crippen LogP) is 1.55. The van der Waals surface area contributed by atoms with Crippen molar-refractivity contribution in [1.82, 2.24) is 20.1 Å². The molecular weight excluding hydrogens is 302 g/mol. The second-order valence-electron chi connectivity index (χ2n) is 6.87. The minimum absolute atomic E-state index is 0.150. The number of hydrogen-bond donors (Lipinski definition) is 1. The summed E-state index contributed by atoms with van der Waals surface area (Å²) < 4.78 is 1.94. The Morgan fingerprint density at radius 2 is 2.21 bits per heavy atom. The van der Waals surface area contributed by atoms with Crippen molar-refractivity contribution in [3.63, 3.8) is 0 Å². The second kappa shape index (κ2) is 6.02. The molecule has 0 radical (unpaired) electrons. The number of nitrogens with one attached hydrogen (secondary N) is 1. The number of aromatic nitrogens is 3. The van der Waals surface area contributed by atoms with Gasteiger partial charge >= 0.3 is 0 Å². The van der Waals surface area contributed by atoms with Crippen LogP contribution in [0.5, 0.6) is 0 Å². The smallest absolute Gasteiger partial charge is 0.244 e. The van der Waals surface area contributed by atoms with Crippen LogP contribution in [-0.4, -0.2) is 38.8 Å². The van der Waals surface area contributed by atoms with Crippen LogP contribution >= 0.6 is 0 Å². The number of para-hydroxylation sites is 1. The van der Waals surface area contributed by atoms with Crippen LogP contribution in [-0.2, 0) is 24.2 Å². The number of fused-ring (bicyclic) bond motifs is 2. The summed E-state index contributed by atoms with van der Waals surface area (Å²) in [6, 6.07) is 8.46. The lowest BCUT2D eigenvalue weighted by Crippen LogP contribution is -2.52. The van der Waals surface area contributed by atoms with Gasteiger partial charge in [-0.15, -0.1) is 0 Å². The largest absolute Gasteiger partial charge is 0.308 e. The zero-order chi connectivity index (χ0) is 16.7. The van der Waals surface area contributed by atoms with E-state index in [0.29, 0.717) is 0 Å². The van der Waals surface area contributed by atoms with E-state index in [1.165, 1.54) is 5.56 Å². The van der Waals surface area contributed by atoms with Gasteiger partial charge in [0.2, 0.25) is 5.91 Å². The first-order valence-corrected chi connectivity index (χ1v) is 8.67. The van der Waals surface area contributed by atoms with Crippen LogP contribution in [0.25, 0.3) is 0 Å². The Morgan fingerprint density at radius 1 is 1.38 bits per heavy atom. The minimum atomic E-state index is -0.214. The summed E-state index contributed by atoms with van der Waals surface area (Å²) in [5.74, 6) is 1.19. The average molecular weight is 325 g/mol. The van der Waals surface area contributed by atoms with Crippen molar-refractivity contribution in [3.05, 3.63) is 42.0 Å². The molecule has 0 unspecified atom stereocenters. The third-order valence-corrected chi connectivity index (χ3v) is 5.11. The monoisotopic (exact) mass is 325 g/mol. The summed E-state index contributed by atoms with van der Waals surface area (Å²) in [6.07, 6.45) is 4.43. The molecule has 2 aliphatic heterocycles. The summed E-state index contributed by atoms with van der Waals surface area (Å²) in [5, 5.41) is 7.75. The fourth-order valence-electron chi connectivity index (χ4n) is 3.91. The first-order valence-electron chi connectivity index (χ1n) is 8.67. The number of hydrogen-bond acceptors (Lipinski definition) is 4. The molecule has 0 fully saturated rings. The van der Waals surface area contributed by atoms with Crippen LogP contribution in [0.15, 0.2) is 30.6 Å². The third kappa shape index (κ3) is 2.60. The Kier molecular flexibility index (Phi) is 3.84. The number of carbonyl (C=O) groups is 1. The fraction of sp³-hybridized carbons (Fsp3) is 0.500. The van der Waals surface area contributed by atoms with Gasteiger partial charge in [-0.25, -0.2) is 9.67 Å². The van der Waals surface area contributed by atoms with Gasteiger partial charge in [0.15, 0.2) is 0 Å². The Labute approximate surface area is 141 Å². The van der Waals surface area contributed by atoms with E-state index < -0.39 is 0 Å². The summed E-state index contributed by atoms with van der Waals surface area (Å²) in [7, 11) is 0. The van der Waals surface area contributed by atoms with Crippen LogP contribution in [0.4, 0.5) is 5.69 Å². The first kappa shape index (κ1) is 15.3. The molecular formula is C18H23N5O. The molecule has 3 heterocycles. The van der Waals surface area contributed by atoms with Gasteiger partial charge in [0, 0.05) is 24.2 Å². The van der Waals surface area contributed by atoms with E-state index in [1.807, 2.05) is 34.7 Å². The highest BCUT2D eigenvalue weighted by atomic mass is 16.2. The molecule has 1 amide bonds. The number of anilines is 1. The van der Waals surface area contributed by atoms with Gasteiger partial charge in [0.05, 0.1) is 12.6 Å². The molecule has 1 aromatic heterocycles. The zero-order valence-electron chi connectivity index (χ0n) is 14.1. The van der Waals surface area contributed by atoms with Gasteiger partial charge in [-0.05, 0) is 38.3 Å². The Hall–Kier alpha value is -2.21. The molecule has 4 rings (SSSR count). The minimum Gasteiger partial charge on any atom is -0.308 e. The lowest BCUT2D eigenvalue weighted by Gasteiger charge is -2.30. The molecule has 0 saturated heterocycles. The average Bonchev–Trinajstić information content (AvgIpc) is 3.16. The molecule has 3 atom stereocenters. The van der Waals surface area contributed by atoms with Crippen molar-refractivity contribution in [2.75, 3.05) is 4.90 Å². The molecule has 24 heavy (non-hydrogen) atoms. The van der Waals surface area contributed by atoms with Gasteiger partial charge < -0.3 is 10.2 Å². The van der Waals surface area contributed by atoms with Crippen molar-refractivity contribution < 1.29 is 4.79 Å². The number of nitrogens with zero attached hydrogens (tertiary/aromatic N) is 4. The summed E-state index contributed by atoms with van der Waals surface area (Å²) >= 11 is 0. The molecule has 6 nitrogen and oxygen atoms in total. The van der Waals surface area contributed by atoms with Crippen molar-refractivity contribution in [3.8, 4) is 0 Å². The molecule has 1 aromatic carbocycles. The molecule has 0 spiro atoms. The van der Waals surface area contributed by atoms with E-state index in [4.69, 9.17) is 0 Å². The number of amides is 1. The number of carbonyl (C=O) groups excluding carboxylic acids is 1. The lowest BCUT2D eigenvalue weighted by atomic mass is 10.1. The van der Waals surface area contributed by atoms with Crippen molar-refractivity contribution >= 4 is 11.6 Å². The van der Waals surface area contributed by atoms with E-state index in [2.05, 4.69) is 28.4 Å². The molecule has 6 heteroatoms. The number of rotatable bonds is 3. The topological polar surface area (TPSA) is 63.1 Å². The Balaban J connectivity index is 1.45. The lowest BCUT2D eigenvalue weighted by molar-refractivity contribution is -0.120. The van der Waals surface area contributed by atoms with Crippen molar-refractivity contribution in [2.45, 2.75) is 57.8 Å². The molecule has 126 valence electrons. The van der Waals surface area contributed by atoms with Crippen molar-refractivity contribution in [2.24, 2.45) is 0 Å². The van der Waals surface area contributed by atoms with Crippen LogP contribution < -0.4 is 10.2 Å². The summed E-state index contributed by atoms with van der Waals surface area (Å²) in [4.78, 5) is 19.2. The maximum atomic E-state index is 13.0. The molecule has 0 bridgehead atoms. The Morgan fingerprint density at radius 3 is 3.08 bits per heavy atom. The molecule has 1 N–H and O–H groups in total. The zero-order valence-corrected chi connectivity index (χ0v) is 14.1. The van der Waals surface area contributed by atoms with E-state index in [0.717, 1.165) is 37.3 Å². The maximum Gasteiger partial charge on any atom is 0.244 e. The fourth-order valence-corrected chi connectivity index (χ4v) is 3.91. The van der Waals surface area contributed by atoms with E-state index in [9.17, 15) is 4.79 Å². The highest BCUT2D eigenvalue weighted by molar-refractivity contribution is 5.99. The third-order valence-electron chi connectivity index (χ3n) is 5.11. The van der Waals surface area contributed by atoms with E-state index >= 15 is 0 Å². The highest BCUT2D eigenvalue weighted by Gasteiger charge is 2.34. The number of benzene rings is 1. The van der Waals surface area contributed by atoms with Crippen LogP contribution in [0.3, 0.4) is 0 Å². The van der Waals surface area contributed by atoms with Gasteiger partial charge in [0.1, 0.15) is 12.2 Å². The quantitative estimate of drug-likeness (QED) is 0.930. The van der Waals surface area contributed by atoms with E-state index in [1.54, 1.807) is 6.33 Å². The standard InChI is InChI=1S/C18H23N5O/c1-12-9-14-5-3-4-6-16(14)23(12)18(24)13(2)21-15-7-8-17-19-11-20-22(17)10-15/h3-6,11-13,15,21H,7-10H2,1-2H3/t12-,13+,15+/m1/s1. The summed E-state index contributed by atoms with van der Waals surface area (Å²) in [6.45, 7) is 4.86. The number of aryl methyl sites for hydroxylation is 1. The van der Waals surface area contributed by atoms with Gasteiger partial charge in [-0.2, -0.15) is 5.10 Å². The maximum absolute atomic E-state index is 13.0.